The van der Waals surface area contributed by atoms with Crippen LogP contribution in [0, 0.1) is 17.5 Å². The van der Waals surface area contributed by atoms with Gasteiger partial charge < -0.3 is 15.2 Å². The molecule has 0 fully saturated rings. The quantitative estimate of drug-likeness (QED) is 0.542. The van der Waals surface area contributed by atoms with E-state index in [1.54, 1.807) is 26.8 Å². The molecule has 0 bridgehead atoms. The predicted molar refractivity (Wildman–Crippen MR) is 125 cm³/mol. The van der Waals surface area contributed by atoms with E-state index in [1.165, 1.54) is 0 Å². The SMILES string of the molecule is CC(C)(C)OC(=O)NC1C=C(c2nc3c(cc2F)c(=O)c(C(=O)O)cn3-c2ccc(F)cc2F)CC1. The maximum Gasteiger partial charge on any atom is 0.408 e. The molecule has 1 aromatic carbocycles. The van der Waals surface area contributed by atoms with Gasteiger partial charge in [-0.05, 0) is 57.4 Å². The van der Waals surface area contributed by atoms with E-state index in [0.29, 0.717) is 24.5 Å². The highest BCUT2D eigenvalue weighted by atomic mass is 19.1. The Hall–Kier alpha value is -4.15. The molecule has 0 spiro atoms. The third kappa shape index (κ3) is 4.95. The lowest BCUT2D eigenvalue weighted by molar-refractivity contribution is 0.0513. The van der Waals surface area contributed by atoms with Crippen molar-refractivity contribution in [1.82, 2.24) is 14.9 Å². The lowest BCUT2D eigenvalue weighted by Crippen LogP contribution is -2.37. The molecule has 0 radical (unpaired) electrons. The molecule has 1 unspecified atom stereocenters. The second kappa shape index (κ2) is 9.14. The monoisotopic (exact) mass is 501 g/mol. The van der Waals surface area contributed by atoms with Crippen LogP contribution in [-0.4, -0.2) is 38.4 Å². The molecule has 0 saturated heterocycles. The molecule has 2 aromatic heterocycles. The standard InChI is InChI=1S/C25H22F3N3O5/c1-25(2,3)36-24(35)29-14-6-4-12(8-14)20-18(28)10-15-21(32)16(23(33)34)11-31(22(15)30-20)19-7-5-13(26)9-17(19)27/h5,7-11,14H,4,6H2,1-3H3,(H,29,35)(H,33,34). The van der Waals surface area contributed by atoms with Gasteiger partial charge in [-0.15, -0.1) is 0 Å². The van der Waals surface area contributed by atoms with Gasteiger partial charge in [0.2, 0.25) is 5.43 Å². The number of nitrogens with zero attached hydrogens (tertiary/aromatic N) is 2. The number of aromatic carboxylic acids is 1. The lowest BCUT2D eigenvalue weighted by Gasteiger charge is -2.21. The molecule has 2 N–H and O–H groups in total. The number of amides is 1. The van der Waals surface area contributed by atoms with Crippen LogP contribution in [0.4, 0.5) is 18.0 Å². The van der Waals surface area contributed by atoms with E-state index in [4.69, 9.17) is 4.74 Å². The van der Waals surface area contributed by atoms with E-state index in [1.807, 2.05) is 0 Å². The second-order valence-corrected chi connectivity index (χ2v) is 9.32. The van der Waals surface area contributed by atoms with Crippen LogP contribution in [0.25, 0.3) is 22.3 Å². The van der Waals surface area contributed by atoms with Crippen molar-refractivity contribution < 1.29 is 32.6 Å². The van der Waals surface area contributed by atoms with Gasteiger partial charge >= 0.3 is 12.1 Å². The molecule has 1 aliphatic carbocycles. The number of carboxylic acid groups (broad SMARTS) is 1. The number of alkyl carbamates (subject to hydrolysis) is 1. The topological polar surface area (TPSA) is 111 Å². The fraction of sp³-hybridized carbons (Fsp3) is 0.280. The van der Waals surface area contributed by atoms with Gasteiger partial charge in [0.05, 0.1) is 17.1 Å². The average molecular weight is 501 g/mol. The third-order valence-electron chi connectivity index (χ3n) is 5.46. The Morgan fingerprint density at radius 1 is 1.17 bits per heavy atom. The number of carbonyl (C=O) groups is 2. The van der Waals surface area contributed by atoms with Crippen LogP contribution in [0.5, 0.6) is 0 Å². The number of carboxylic acids is 1. The van der Waals surface area contributed by atoms with Gasteiger partial charge in [0.15, 0.2) is 0 Å². The van der Waals surface area contributed by atoms with Crippen LogP contribution >= 0.6 is 0 Å². The summed E-state index contributed by atoms with van der Waals surface area (Å²) >= 11 is 0. The largest absolute Gasteiger partial charge is 0.477 e. The molecular formula is C25H22F3N3O5. The number of hydrogen-bond acceptors (Lipinski definition) is 5. The Bertz CT molecular complexity index is 1490. The molecule has 0 aliphatic heterocycles. The number of benzene rings is 1. The van der Waals surface area contributed by atoms with E-state index in [0.717, 1.165) is 29.0 Å². The van der Waals surface area contributed by atoms with Gasteiger partial charge in [-0.3, -0.25) is 9.36 Å². The molecule has 1 atom stereocenters. The number of ether oxygens (including phenoxy) is 1. The van der Waals surface area contributed by atoms with Crippen molar-refractivity contribution in [2.75, 3.05) is 0 Å². The highest BCUT2D eigenvalue weighted by Gasteiger charge is 2.26. The summed E-state index contributed by atoms with van der Waals surface area (Å²) in [5, 5.41) is 11.7. The van der Waals surface area contributed by atoms with Crippen molar-refractivity contribution in [1.29, 1.82) is 0 Å². The minimum Gasteiger partial charge on any atom is -0.477 e. The highest BCUT2D eigenvalue weighted by molar-refractivity contribution is 5.92. The summed E-state index contributed by atoms with van der Waals surface area (Å²) in [7, 11) is 0. The van der Waals surface area contributed by atoms with Gasteiger partial charge in [0.1, 0.15) is 40.0 Å². The van der Waals surface area contributed by atoms with Gasteiger partial charge in [0.25, 0.3) is 0 Å². The first-order chi connectivity index (χ1) is 16.8. The Balaban J connectivity index is 1.83. The smallest absolute Gasteiger partial charge is 0.408 e. The van der Waals surface area contributed by atoms with Gasteiger partial charge in [-0.2, -0.15) is 0 Å². The van der Waals surface area contributed by atoms with E-state index in [2.05, 4.69) is 10.3 Å². The Morgan fingerprint density at radius 2 is 1.89 bits per heavy atom. The number of rotatable bonds is 4. The summed E-state index contributed by atoms with van der Waals surface area (Å²) in [6, 6.07) is 2.99. The summed E-state index contributed by atoms with van der Waals surface area (Å²) in [5.74, 6) is -4.39. The van der Waals surface area contributed by atoms with Crippen LogP contribution in [-0.2, 0) is 4.74 Å². The fourth-order valence-electron chi connectivity index (χ4n) is 3.95. The number of nitrogens with one attached hydrogen (secondary N) is 1. The van der Waals surface area contributed by atoms with Crippen LogP contribution in [0.2, 0.25) is 0 Å². The van der Waals surface area contributed by atoms with Crippen molar-refractivity contribution in [3.05, 3.63) is 75.5 Å². The van der Waals surface area contributed by atoms with Gasteiger partial charge in [0, 0.05) is 12.3 Å². The summed E-state index contributed by atoms with van der Waals surface area (Å²) in [6.45, 7) is 5.16. The van der Waals surface area contributed by atoms with E-state index in [9.17, 15) is 28.3 Å². The Labute approximate surface area is 203 Å². The molecule has 188 valence electrons. The summed E-state index contributed by atoms with van der Waals surface area (Å²) in [4.78, 5) is 40.7. The first kappa shape index (κ1) is 25.0. The molecule has 3 aromatic rings. The Kier molecular flexibility index (Phi) is 6.33. The van der Waals surface area contributed by atoms with Crippen molar-refractivity contribution in [3.63, 3.8) is 0 Å². The first-order valence-electron chi connectivity index (χ1n) is 11.0. The maximum absolute atomic E-state index is 15.1. The fourth-order valence-corrected chi connectivity index (χ4v) is 3.95. The molecule has 2 heterocycles. The van der Waals surface area contributed by atoms with Crippen molar-refractivity contribution >= 4 is 28.7 Å². The zero-order valence-electron chi connectivity index (χ0n) is 19.6. The minimum atomic E-state index is -1.60. The zero-order chi connectivity index (χ0) is 26.4. The van der Waals surface area contributed by atoms with E-state index in [-0.39, 0.29) is 22.4 Å². The third-order valence-corrected chi connectivity index (χ3v) is 5.46. The molecule has 11 heteroatoms. The summed E-state index contributed by atoms with van der Waals surface area (Å²) in [5.41, 5.74) is -2.64. The summed E-state index contributed by atoms with van der Waals surface area (Å²) < 4.78 is 49.4. The lowest BCUT2D eigenvalue weighted by atomic mass is 10.1. The van der Waals surface area contributed by atoms with E-state index >= 15 is 4.39 Å². The van der Waals surface area contributed by atoms with Crippen molar-refractivity contribution in [3.8, 4) is 5.69 Å². The zero-order valence-corrected chi connectivity index (χ0v) is 19.6. The predicted octanol–water partition coefficient (Wildman–Crippen LogP) is 4.57. The number of pyridine rings is 2. The van der Waals surface area contributed by atoms with Crippen LogP contribution in [0.3, 0.4) is 0 Å². The molecular weight excluding hydrogens is 479 g/mol. The number of hydrogen-bond donors (Lipinski definition) is 2. The molecule has 4 rings (SSSR count). The molecule has 0 saturated carbocycles. The van der Waals surface area contributed by atoms with Crippen molar-refractivity contribution in [2.45, 2.75) is 45.3 Å². The minimum absolute atomic E-state index is 0.144. The number of allylic oxidation sites excluding steroid dienone is 1. The normalized spacial score (nSPS) is 15.6. The van der Waals surface area contributed by atoms with Crippen LogP contribution in [0.1, 0.15) is 49.7 Å². The molecule has 1 amide bonds. The highest BCUT2D eigenvalue weighted by Crippen LogP contribution is 2.31. The summed E-state index contributed by atoms with van der Waals surface area (Å²) in [6.07, 6.45) is 2.60. The maximum atomic E-state index is 15.1. The van der Waals surface area contributed by atoms with Crippen LogP contribution < -0.4 is 10.7 Å². The first-order valence-corrected chi connectivity index (χ1v) is 11.0. The average Bonchev–Trinajstić information content (AvgIpc) is 3.21. The number of fused-ring (bicyclic) bond motifs is 1. The number of aromatic nitrogens is 2. The molecule has 36 heavy (non-hydrogen) atoms. The Morgan fingerprint density at radius 3 is 2.53 bits per heavy atom. The number of halogens is 3. The molecule has 1 aliphatic rings. The van der Waals surface area contributed by atoms with Crippen molar-refractivity contribution in [2.24, 2.45) is 0 Å². The second-order valence-electron chi connectivity index (χ2n) is 9.32. The van der Waals surface area contributed by atoms with E-state index < -0.39 is 52.1 Å². The van der Waals surface area contributed by atoms with Gasteiger partial charge in [-0.25, -0.2) is 27.7 Å². The van der Waals surface area contributed by atoms with Crippen LogP contribution in [0.15, 0.2) is 41.3 Å². The molecule has 8 nitrogen and oxygen atoms in total. The van der Waals surface area contributed by atoms with Gasteiger partial charge in [-0.1, -0.05) is 6.08 Å². The number of carbonyl (C=O) groups excluding carboxylic acids is 1.